The summed E-state index contributed by atoms with van der Waals surface area (Å²) in [6, 6.07) is 0. The van der Waals surface area contributed by atoms with Crippen LogP contribution >= 0.6 is 0 Å². The van der Waals surface area contributed by atoms with E-state index in [0.29, 0.717) is 18.4 Å². The highest BCUT2D eigenvalue weighted by atomic mass is 16.5. The van der Waals surface area contributed by atoms with Crippen molar-refractivity contribution < 1.29 is 19.4 Å². The van der Waals surface area contributed by atoms with Crippen LogP contribution in [0, 0.1) is 5.92 Å². The summed E-state index contributed by atoms with van der Waals surface area (Å²) in [4.78, 5) is 22.1. The maximum Gasteiger partial charge on any atom is 0.334 e. The van der Waals surface area contributed by atoms with Crippen molar-refractivity contribution in [1.29, 1.82) is 0 Å². The second kappa shape index (κ2) is 4.26. The molecule has 78 valence electrons. The molecule has 0 aromatic carbocycles. The summed E-state index contributed by atoms with van der Waals surface area (Å²) in [6.45, 7) is 1.99. The van der Waals surface area contributed by atoms with Gasteiger partial charge < -0.3 is 9.84 Å². The minimum absolute atomic E-state index is 0.226. The van der Waals surface area contributed by atoms with Gasteiger partial charge in [-0.05, 0) is 18.8 Å². The fraction of sp³-hybridized carbons (Fsp3) is 0.600. The topological polar surface area (TPSA) is 63.6 Å². The normalized spacial score (nSPS) is 21.1. The third-order valence-corrected chi connectivity index (χ3v) is 2.62. The van der Waals surface area contributed by atoms with Crippen molar-refractivity contribution in [1.82, 2.24) is 0 Å². The standard InChI is InChI=1S/C10H14O4/c1-3-6-4-7(9(11)12)8(5-6)10(13)14-2/h6H,3-5H2,1-2H3,(H,11,12)/t6-/m1/s1. The first-order valence-electron chi connectivity index (χ1n) is 4.63. The van der Waals surface area contributed by atoms with E-state index in [1.165, 1.54) is 7.11 Å². The Morgan fingerprint density at radius 2 is 2.00 bits per heavy atom. The van der Waals surface area contributed by atoms with Crippen LogP contribution in [0.25, 0.3) is 0 Å². The van der Waals surface area contributed by atoms with Gasteiger partial charge in [0.15, 0.2) is 0 Å². The Hall–Kier alpha value is -1.32. The summed E-state index contributed by atoms with van der Waals surface area (Å²) < 4.78 is 4.55. The van der Waals surface area contributed by atoms with Gasteiger partial charge in [0, 0.05) is 11.1 Å². The number of carboxylic acids is 1. The monoisotopic (exact) mass is 198 g/mol. The van der Waals surface area contributed by atoms with Crippen molar-refractivity contribution in [2.75, 3.05) is 7.11 Å². The Balaban J connectivity index is 2.90. The molecule has 0 amide bonds. The average Bonchev–Trinajstić information content (AvgIpc) is 2.60. The van der Waals surface area contributed by atoms with Gasteiger partial charge >= 0.3 is 11.9 Å². The average molecular weight is 198 g/mol. The van der Waals surface area contributed by atoms with Gasteiger partial charge in [0.1, 0.15) is 0 Å². The summed E-state index contributed by atoms with van der Waals surface area (Å²) >= 11 is 0. The quantitative estimate of drug-likeness (QED) is 0.695. The maximum absolute atomic E-state index is 11.2. The molecule has 0 spiro atoms. The lowest BCUT2D eigenvalue weighted by atomic mass is 10.0. The van der Waals surface area contributed by atoms with Crippen LogP contribution in [0.5, 0.6) is 0 Å². The zero-order valence-electron chi connectivity index (χ0n) is 8.37. The molecule has 0 fully saturated rings. The van der Waals surface area contributed by atoms with Crippen LogP contribution in [0.4, 0.5) is 0 Å². The van der Waals surface area contributed by atoms with Crippen LogP contribution in [-0.2, 0) is 14.3 Å². The molecule has 0 unspecified atom stereocenters. The van der Waals surface area contributed by atoms with E-state index in [1.807, 2.05) is 6.92 Å². The second-order valence-corrected chi connectivity index (χ2v) is 3.44. The van der Waals surface area contributed by atoms with Crippen molar-refractivity contribution in [2.45, 2.75) is 26.2 Å². The van der Waals surface area contributed by atoms with Crippen LogP contribution < -0.4 is 0 Å². The van der Waals surface area contributed by atoms with E-state index in [9.17, 15) is 9.59 Å². The fourth-order valence-corrected chi connectivity index (χ4v) is 1.73. The number of methoxy groups -OCH3 is 1. The number of hydrogen-bond donors (Lipinski definition) is 1. The molecular formula is C10H14O4. The molecule has 1 atom stereocenters. The Bertz CT molecular complexity index is 290. The minimum Gasteiger partial charge on any atom is -0.478 e. The molecule has 4 nitrogen and oxygen atoms in total. The summed E-state index contributed by atoms with van der Waals surface area (Å²) in [5, 5.41) is 8.88. The highest BCUT2D eigenvalue weighted by molar-refractivity contribution is 6.00. The van der Waals surface area contributed by atoms with Gasteiger partial charge in [-0.3, -0.25) is 0 Å². The van der Waals surface area contributed by atoms with Gasteiger partial charge in [0.2, 0.25) is 0 Å². The Morgan fingerprint density at radius 1 is 1.43 bits per heavy atom. The summed E-state index contributed by atoms with van der Waals surface area (Å²) in [7, 11) is 1.27. The number of carbonyl (C=O) groups excluding carboxylic acids is 1. The predicted octanol–water partition coefficient (Wildman–Crippen LogP) is 1.36. The van der Waals surface area contributed by atoms with Crippen molar-refractivity contribution in [3.63, 3.8) is 0 Å². The molecule has 1 aliphatic carbocycles. The highest BCUT2D eigenvalue weighted by Crippen LogP contribution is 2.34. The number of hydrogen-bond acceptors (Lipinski definition) is 3. The zero-order chi connectivity index (χ0) is 10.7. The SMILES string of the molecule is CC[C@@H]1CC(C(=O)O)=C(C(=O)OC)C1. The molecule has 0 aromatic heterocycles. The molecule has 14 heavy (non-hydrogen) atoms. The highest BCUT2D eigenvalue weighted by Gasteiger charge is 2.31. The maximum atomic E-state index is 11.2. The molecule has 0 aromatic rings. The molecule has 0 heterocycles. The van der Waals surface area contributed by atoms with Crippen LogP contribution in [-0.4, -0.2) is 24.2 Å². The van der Waals surface area contributed by atoms with E-state index in [0.717, 1.165) is 6.42 Å². The summed E-state index contributed by atoms with van der Waals surface area (Å²) in [6.07, 6.45) is 1.90. The third kappa shape index (κ3) is 1.95. The van der Waals surface area contributed by atoms with E-state index in [4.69, 9.17) is 5.11 Å². The van der Waals surface area contributed by atoms with Gasteiger partial charge in [-0.15, -0.1) is 0 Å². The van der Waals surface area contributed by atoms with Crippen molar-refractivity contribution in [2.24, 2.45) is 5.92 Å². The van der Waals surface area contributed by atoms with E-state index < -0.39 is 11.9 Å². The first-order chi connectivity index (χ1) is 6.60. The lowest BCUT2D eigenvalue weighted by Crippen LogP contribution is -2.08. The predicted molar refractivity (Wildman–Crippen MR) is 49.7 cm³/mol. The molecule has 0 saturated carbocycles. The van der Waals surface area contributed by atoms with Crippen LogP contribution in [0.3, 0.4) is 0 Å². The molecule has 0 aliphatic heterocycles. The Morgan fingerprint density at radius 3 is 2.43 bits per heavy atom. The number of rotatable bonds is 3. The molecule has 4 heteroatoms. The number of carbonyl (C=O) groups is 2. The van der Waals surface area contributed by atoms with Gasteiger partial charge in [0.25, 0.3) is 0 Å². The number of aliphatic carboxylic acids is 1. The second-order valence-electron chi connectivity index (χ2n) is 3.44. The van der Waals surface area contributed by atoms with Crippen molar-refractivity contribution in [3.05, 3.63) is 11.1 Å². The molecule has 1 aliphatic rings. The zero-order valence-corrected chi connectivity index (χ0v) is 8.37. The molecule has 1 N–H and O–H groups in total. The minimum atomic E-state index is -0.999. The van der Waals surface area contributed by atoms with Crippen LogP contribution in [0.2, 0.25) is 0 Å². The Labute approximate surface area is 82.6 Å². The molecular weight excluding hydrogens is 184 g/mol. The van der Waals surface area contributed by atoms with E-state index in [-0.39, 0.29) is 11.5 Å². The molecule has 0 bridgehead atoms. The first-order valence-corrected chi connectivity index (χ1v) is 4.63. The number of carboxylic acid groups (broad SMARTS) is 1. The number of esters is 1. The molecule has 0 saturated heterocycles. The van der Waals surface area contributed by atoms with Gasteiger partial charge in [-0.1, -0.05) is 13.3 Å². The first kappa shape index (κ1) is 10.8. The van der Waals surface area contributed by atoms with E-state index >= 15 is 0 Å². The molecule has 0 radical (unpaired) electrons. The van der Waals surface area contributed by atoms with Gasteiger partial charge in [-0.2, -0.15) is 0 Å². The smallest absolute Gasteiger partial charge is 0.334 e. The lowest BCUT2D eigenvalue weighted by Gasteiger charge is -2.03. The molecule has 1 rings (SSSR count). The van der Waals surface area contributed by atoms with Crippen LogP contribution in [0.1, 0.15) is 26.2 Å². The Kier molecular flexibility index (Phi) is 3.28. The fourth-order valence-electron chi connectivity index (χ4n) is 1.73. The lowest BCUT2D eigenvalue weighted by molar-refractivity contribution is -0.138. The van der Waals surface area contributed by atoms with Crippen molar-refractivity contribution in [3.8, 4) is 0 Å². The summed E-state index contributed by atoms with van der Waals surface area (Å²) in [5.74, 6) is -1.23. The van der Waals surface area contributed by atoms with Crippen LogP contribution in [0.15, 0.2) is 11.1 Å². The van der Waals surface area contributed by atoms with Gasteiger partial charge in [0.05, 0.1) is 7.11 Å². The van der Waals surface area contributed by atoms with E-state index in [1.54, 1.807) is 0 Å². The van der Waals surface area contributed by atoms with E-state index in [2.05, 4.69) is 4.74 Å². The van der Waals surface area contributed by atoms with Gasteiger partial charge in [-0.25, -0.2) is 9.59 Å². The van der Waals surface area contributed by atoms with Crippen molar-refractivity contribution >= 4 is 11.9 Å². The number of ether oxygens (including phenoxy) is 1. The third-order valence-electron chi connectivity index (χ3n) is 2.62. The summed E-state index contributed by atoms with van der Waals surface area (Å²) in [5.41, 5.74) is 0.565. The largest absolute Gasteiger partial charge is 0.478 e.